The lowest BCUT2D eigenvalue weighted by Crippen LogP contribution is -2.61. The van der Waals surface area contributed by atoms with E-state index in [1.165, 1.54) is 12.5 Å². The van der Waals surface area contributed by atoms with Crippen LogP contribution in [0.3, 0.4) is 0 Å². The maximum atomic E-state index is 14.7. The van der Waals surface area contributed by atoms with Crippen molar-refractivity contribution < 1.29 is 47.5 Å². The van der Waals surface area contributed by atoms with Crippen LogP contribution in [-0.4, -0.2) is 94.1 Å². The maximum Gasteiger partial charge on any atom is 0.306 e. The lowest BCUT2D eigenvalue weighted by molar-refractivity contribution is -0.314. The van der Waals surface area contributed by atoms with E-state index in [0.29, 0.717) is 37.5 Å². The van der Waals surface area contributed by atoms with E-state index in [2.05, 4.69) is 35.7 Å². The number of ether oxygens (including phenoxy) is 7. The molecule has 0 bridgehead atoms. The highest BCUT2D eigenvalue weighted by molar-refractivity contribution is 5.99. The molecule has 2 aliphatic heterocycles. The van der Waals surface area contributed by atoms with Crippen LogP contribution in [0.25, 0.3) is 0 Å². The third-order valence-corrected chi connectivity index (χ3v) is 14.3. The minimum Gasteiger partial charge on any atom is -0.462 e. The van der Waals surface area contributed by atoms with Gasteiger partial charge in [0.05, 0.1) is 24.5 Å². The number of cyclic esters (lactones) is 1. The number of ketones is 1. The molecule has 0 amide bonds. The van der Waals surface area contributed by atoms with Gasteiger partial charge in [0, 0.05) is 46.8 Å². The number of benzene rings is 1. The number of methoxy groups -OCH3 is 3. The molecule has 11 nitrogen and oxygen atoms in total. The van der Waals surface area contributed by atoms with Crippen LogP contribution < -0.4 is 5.32 Å². The highest BCUT2D eigenvalue weighted by atomic mass is 16.7. The summed E-state index contributed by atoms with van der Waals surface area (Å²) in [6, 6.07) is 10.7. The molecule has 11 heteroatoms. The Labute approximate surface area is 326 Å². The second-order valence-corrected chi connectivity index (χ2v) is 17.2. The number of rotatable bonds is 10. The van der Waals surface area contributed by atoms with Crippen LogP contribution in [0.15, 0.2) is 42.0 Å². The standard InChI is InChI=1S/C44H63NO10/c1-8-27-15-12-16-36(53-25(4)46)23(2)40(48)34-19-31-29-17-28(55-44-43(51-7)42(50-6)41(49-5)24(3)52-44)18-30(29)32-20-35(45-22-26-13-10-9-11-14-26)39(32)38(31)33(34)21-37(47)54-27/h9-11,13-14,19,23-24,27-33,35-36,38-39,41-45H,8,12,15-18,20-22H2,1-7H3/t23-,24?,27+,28+,29-,30-,31+,32+,33-,35?,36+,38-,39-,41+,42?,43+,44+/m1/s1. The molecule has 17 atom stereocenters. The zero-order valence-corrected chi connectivity index (χ0v) is 33.7. The van der Waals surface area contributed by atoms with Gasteiger partial charge in [-0.1, -0.05) is 50.3 Å². The topological polar surface area (TPSA) is 128 Å². The fourth-order valence-electron chi connectivity index (χ4n) is 11.7. The number of fused-ring (bicyclic) bond motifs is 8. The molecule has 3 unspecified atom stereocenters. The maximum absolute atomic E-state index is 14.7. The van der Waals surface area contributed by atoms with E-state index < -0.39 is 24.4 Å². The minimum absolute atomic E-state index is 0.0103. The van der Waals surface area contributed by atoms with Crippen molar-refractivity contribution in [3.05, 3.63) is 47.5 Å². The molecule has 55 heavy (non-hydrogen) atoms. The molecule has 7 rings (SSSR count). The molecule has 2 saturated heterocycles. The van der Waals surface area contributed by atoms with Crippen LogP contribution in [0.1, 0.15) is 84.6 Å². The first kappa shape index (κ1) is 40.5. The van der Waals surface area contributed by atoms with Crippen LogP contribution in [0, 0.1) is 47.3 Å². The van der Waals surface area contributed by atoms with E-state index in [1.807, 2.05) is 26.8 Å². The van der Waals surface area contributed by atoms with Crippen molar-refractivity contribution in [3.63, 3.8) is 0 Å². The van der Waals surface area contributed by atoms with Crippen molar-refractivity contribution in [2.24, 2.45) is 47.3 Å². The predicted molar refractivity (Wildman–Crippen MR) is 203 cm³/mol. The third kappa shape index (κ3) is 8.08. The van der Waals surface area contributed by atoms with Gasteiger partial charge in [-0.15, -0.1) is 0 Å². The molecule has 1 aromatic carbocycles. The first-order valence-corrected chi connectivity index (χ1v) is 20.9. The molecule has 5 fully saturated rings. The van der Waals surface area contributed by atoms with Gasteiger partial charge in [0.1, 0.15) is 30.5 Å². The highest BCUT2D eigenvalue weighted by Crippen LogP contribution is 2.66. The fraction of sp³-hybridized carbons (Fsp3) is 0.750. The molecular formula is C44H63NO10. The van der Waals surface area contributed by atoms with Crippen molar-refractivity contribution in [2.45, 2.75) is 141 Å². The smallest absolute Gasteiger partial charge is 0.306 e. The lowest BCUT2D eigenvalue weighted by atomic mass is 9.47. The first-order valence-electron chi connectivity index (χ1n) is 20.9. The van der Waals surface area contributed by atoms with Gasteiger partial charge in [-0.05, 0) is 98.5 Å². The van der Waals surface area contributed by atoms with E-state index in [-0.39, 0.29) is 90.3 Å². The fourth-order valence-corrected chi connectivity index (χ4v) is 11.7. The molecule has 3 saturated carbocycles. The van der Waals surface area contributed by atoms with E-state index in [4.69, 9.17) is 33.2 Å². The second-order valence-electron chi connectivity index (χ2n) is 17.2. The van der Waals surface area contributed by atoms with E-state index in [0.717, 1.165) is 31.4 Å². The second kappa shape index (κ2) is 17.4. The first-order chi connectivity index (χ1) is 26.6. The molecule has 1 N–H and O–H groups in total. The van der Waals surface area contributed by atoms with Gasteiger partial charge in [-0.2, -0.15) is 0 Å². The van der Waals surface area contributed by atoms with E-state index in [9.17, 15) is 14.4 Å². The Balaban J connectivity index is 1.20. The van der Waals surface area contributed by atoms with E-state index in [1.54, 1.807) is 21.3 Å². The Bertz CT molecular complexity index is 1540. The average Bonchev–Trinajstić information content (AvgIpc) is 3.73. The summed E-state index contributed by atoms with van der Waals surface area (Å²) in [6.07, 6.45) is 5.02. The van der Waals surface area contributed by atoms with Gasteiger partial charge in [0.25, 0.3) is 0 Å². The Morgan fingerprint density at radius 2 is 1.62 bits per heavy atom. The van der Waals surface area contributed by atoms with Crippen LogP contribution in [-0.2, 0) is 54.1 Å². The van der Waals surface area contributed by atoms with Crippen molar-refractivity contribution in [3.8, 4) is 0 Å². The normalized spacial score (nSPS) is 43.0. The van der Waals surface area contributed by atoms with Crippen LogP contribution in [0.5, 0.6) is 0 Å². The molecule has 4 aliphatic carbocycles. The highest BCUT2D eigenvalue weighted by Gasteiger charge is 2.64. The Hall–Kier alpha value is -2.67. The van der Waals surface area contributed by atoms with Gasteiger partial charge in [0.15, 0.2) is 12.1 Å². The lowest BCUT2D eigenvalue weighted by Gasteiger charge is -2.59. The van der Waals surface area contributed by atoms with Crippen LogP contribution in [0.2, 0.25) is 0 Å². The summed E-state index contributed by atoms with van der Waals surface area (Å²) in [6.45, 7) is 8.09. The summed E-state index contributed by atoms with van der Waals surface area (Å²) in [5, 5.41) is 3.91. The molecular weight excluding hydrogens is 702 g/mol. The molecule has 0 radical (unpaired) electrons. The minimum atomic E-state index is -0.617. The van der Waals surface area contributed by atoms with Crippen molar-refractivity contribution >= 4 is 17.7 Å². The SMILES string of the molecule is CC[C@H]1CCC[C@H](OC(C)=O)[C@@H](C)C(=O)C2=C[C@H]3[C@@H]4C[C@H](O[C@@H]5OC(C)[C@H](OC)C(OC)[C@@H]5OC)C[C@H]4[C@@H]4CC(NCc5ccccc5)[C@@H]4[C@H]3[C@@H]2CC(=O)O1. The number of esters is 2. The largest absolute Gasteiger partial charge is 0.462 e. The zero-order chi connectivity index (χ0) is 39.0. The molecule has 6 aliphatic rings. The number of hydrogen-bond donors (Lipinski definition) is 1. The molecule has 2 heterocycles. The predicted octanol–water partition coefficient (Wildman–Crippen LogP) is 5.82. The molecule has 304 valence electrons. The van der Waals surface area contributed by atoms with Crippen LogP contribution >= 0.6 is 0 Å². The number of hydrogen-bond acceptors (Lipinski definition) is 11. The monoisotopic (exact) mass is 765 g/mol. The zero-order valence-electron chi connectivity index (χ0n) is 33.7. The number of allylic oxidation sites excluding steroid dienone is 2. The third-order valence-electron chi connectivity index (χ3n) is 14.3. The van der Waals surface area contributed by atoms with Gasteiger partial charge >= 0.3 is 11.9 Å². The molecule has 0 spiro atoms. The summed E-state index contributed by atoms with van der Waals surface area (Å²) in [5.74, 6) is 0.164. The van der Waals surface area contributed by atoms with Gasteiger partial charge in [-0.3, -0.25) is 14.4 Å². The molecule has 1 aromatic rings. The summed E-state index contributed by atoms with van der Waals surface area (Å²) >= 11 is 0. The Morgan fingerprint density at radius 1 is 0.891 bits per heavy atom. The van der Waals surface area contributed by atoms with Crippen molar-refractivity contribution in [1.82, 2.24) is 5.32 Å². The van der Waals surface area contributed by atoms with E-state index >= 15 is 0 Å². The summed E-state index contributed by atoms with van der Waals surface area (Å²) in [4.78, 5) is 40.9. The number of carbonyl (C=O) groups excluding carboxylic acids is 3. The quantitative estimate of drug-likeness (QED) is 0.290. The van der Waals surface area contributed by atoms with Gasteiger partial charge < -0.3 is 38.5 Å². The Kier molecular flexibility index (Phi) is 12.9. The van der Waals surface area contributed by atoms with Gasteiger partial charge in [-0.25, -0.2) is 0 Å². The number of carbonyl (C=O) groups is 3. The average molecular weight is 766 g/mol. The summed E-state index contributed by atoms with van der Waals surface area (Å²) in [7, 11) is 4.98. The van der Waals surface area contributed by atoms with Crippen molar-refractivity contribution in [2.75, 3.05) is 21.3 Å². The van der Waals surface area contributed by atoms with Gasteiger partial charge in [0.2, 0.25) is 0 Å². The van der Waals surface area contributed by atoms with Crippen molar-refractivity contribution in [1.29, 1.82) is 0 Å². The number of Topliss-reactive ketones (excluding diaryl/α,β-unsaturated/α-hetero) is 1. The van der Waals surface area contributed by atoms with Crippen LogP contribution in [0.4, 0.5) is 0 Å². The summed E-state index contributed by atoms with van der Waals surface area (Å²) < 4.78 is 42.8. The molecule has 0 aromatic heterocycles. The summed E-state index contributed by atoms with van der Waals surface area (Å²) in [5.41, 5.74) is 1.95. The number of nitrogens with one attached hydrogen (secondary N) is 1. The Morgan fingerprint density at radius 3 is 2.31 bits per heavy atom.